The third-order valence-electron chi connectivity index (χ3n) is 3.47. The molecule has 2 unspecified atom stereocenters. The molecule has 4 nitrogen and oxygen atoms in total. The highest BCUT2D eigenvalue weighted by Gasteiger charge is 2.25. The van der Waals surface area contributed by atoms with Gasteiger partial charge in [0.05, 0.1) is 0 Å². The first-order valence-corrected chi connectivity index (χ1v) is 6.17. The lowest BCUT2D eigenvalue weighted by atomic mass is 9.97. The van der Waals surface area contributed by atoms with Crippen molar-refractivity contribution in [2.24, 2.45) is 11.8 Å². The molecule has 0 bridgehead atoms. The van der Waals surface area contributed by atoms with Gasteiger partial charge in [-0.3, -0.25) is 4.79 Å². The Labute approximate surface area is 98.0 Å². The molecule has 0 aromatic heterocycles. The molecule has 1 rings (SSSR count). The number of aliphatic hydroxyl groups excluding tert-OH is 1. The van der Waals surface area contributed by atoms with Gasteiger partial charge in [0.2, 0.25) is 5.91 Å². The van der Waals surface area contributed by atoms with Crippen LogP contribution in [0.4, 0.5) is 0 Å². The van der Waals surface area contributed by atoms with Crippen LogP contribution in [0.5, 0.6) is 0 Å². The van der Waals surface area contributed by atoms with E-state index in [1.165, 1.54) is 12.8 Å². The molecule has 2 N–H and O–H groups in total. The minimum atomic E-state index is 0.164. The molecular formula is C12H24N2O2. The van der Waals surface area contributed by atoms with Crippen molar-refractivity contribution in [2.75, 3.05) is 33.8 Å². The van der Waals surface area contributed by atoms with Crippen LogP contribution in [0.25, 0.3) is 0 Å². The molecule has 0 radical (unpaired) electrons. The summed E-state index contributed by atoms with van der Waals surface area (Å²) in [6.07, 6.45) is 4.15. The first-order valence-electron chi connectivity index (χ1n) is 6.17. The van der Waals surface area contributed by atoms with Crippen molar-refractivity contribution in [3.8, 4) is 0 Å². The Balaban J connectivity index is 2.09. The van der Waals surface area contributed by atoms with E-state index in [1.807, 2.05) is 0 Å². The van der Waals surface area contributed by atoms with E-state index in [-0.39, 0.29) is 5.91 Å². The Bertz CT molecular complexity index is 219. The summed E-state index contributed by atoms with van der Waals surface area (Å²) in [5, 5.41) is 12.5. The van der Waals surface area contributed by atoms with Crippen molar-refractivity contribution in [1.82, 2.24) is 10.2 Å². The van der Waals surface area contributed by atoms with Gasteiger partial charge in [0.1, 0.15) is 0 Å². The normalized spacial score (nSPS) is 24.7. The van der Waals surface area contributed by atoms with E-state index in [0.717, 1.165) is 19.5 Å². The van der Waals surface area contributed by atoms with E-state index in [0.29, 0.717) is 24.9 Å². The highest BCUT2D eigenvalue weighted by atomic mass is 16.3. The molecule has 1 saturated carbocycles. The van der Waals surface area contributed by atoms with E-state index in [2.05, 4.69) is 5.32 Å². The van der Waals surface area contributed by atoms with Gasteiger partial charge in [-0.05, 0) is 31.2 Å². The second-order valence-corrected chi connectivity index (χ2v) is 4.88. The first kappa shape index (κ1) is 13.5. The topological polar surface area (TPSA) is 52.6 Å². The van der Waals surface area contributed by atoms with Crippen LogP contribution in [0.2, 0.25) is 0 Å². The second kappa shape index (κ2) is 6.86. The Kier molecular flexibility index (Phi) is 5.77. The van der Waals surface area contributed by atoms with E-state index in [9.17, 15) is 4.79 Å². The van der Waals surface area contributed by atoms with Crippen LogP contribution in [0.15, 0.2) is 0 Å². The molecule has 0 aromatic carbocycles. The largest absolute Gasteiger partial charge is 0.396 e. The number of carbonyl (C=O) groups is 1. The predicted octanol–water partition coefficient (Wildman–Crippen LogP) is 0.463. The van der Waals surface area contributed by atoms with Crippen LogP contribution in [0.3, 0.4) is 0 Å². The van der Waals surface area contributed by atoms with Gasteiger partial charge in [-0.25, -0.2) is 0 Å². The number of hydrogen-bond donors (Lipinski definition) is 2. The molecule has 94 valence electrons. The fourth-order valence-electron chi connectivity index (χ4n) is 2.33. The quantitative estimate of drug-likeness (QED) is 0.650. The Morgan fingerprint density at radius 3 is 2.69 bits per heavy atom. The molecular weight excluding hydrogens is 204 g/mol. The van der Waals surface area contributed by atoms with E-state index >= 15 is 0 Å². The number of aliphatic hydroxyl groups is 1. The Morgan fingerprint density at radius 1 is 1.38 bits per heavy atom. The summed E-state index contributed by atoms with van der Waals surface area (Å²) in [6, 6.07) is 0. The summed E-state index contributed by atoms with van der Waals surface area (Å²) >= 11 is 0. The van der Waals surface area contributed by atoms with E-state index in [4.69, 9.17) is 5.11 Å². The number of carbonyl (C=O) groups excluding carboxylic acids is 1. The lowest BCUT2D eigenvalue weighted by Gasteiger charge is -2.18. The average Bonchev–Trinajstić information content (AvgIpc) is 2.71. The van der Waals surface area contributed by atoms with Crippen LogP contribution in [-0.4, -0.2) is 49.7 Å². The van der Waals surface area contributed by atoms with Crippen LogP contribution >= 0.6 is 0 Å². The highest BCUT2D eigenvalue weighted by molar-refractivity contribution is 5.75. The smallest absolute Gasteiger partial charge is 0.223 e. The van der Waals surface area contributed by atoms with Crippen molar-refractivity contribution in [1.29, 1.82) is 0 Å². The van der Waals surface area contributed by atoms with Crippen molar-refractivity contribution < 1.29 is 9.90 Å². The number of nitrogens with zero attached hydrogens (tertiary/aromatic N) is 1. The molecule has 0 aliphatic heterocycles. The number of hydrogen-bond acceptors (Lipinski definition) is 3. The maximum absolute atomic E-state index is 11.3. The number of amides is 1. The van der Waals surface area contributed by atoms with E-state index < -0.39 is 0 Å². The summed E-state index contributed by atoms with van der Waals surface area (Å²) in [6.45, 7) is 1.99. The molecule has 0 heterocycles. The molecule has 2 atom stereocenters. The maximum Gasteiger partial charge on any atom is 0.223 e. The van der Waals surface area contributed by atoms with Crippen LogP contribution in [-0.2, 0) is 4.79 Å². The van der Waals surface area contributed by atoms with Crippen LogP contribution in [0, 0.1) is 11.8 Å². The minimum Gasteiger partial charge on any atom is -0.396 e. The Hall–Kier alpha value is -0.610. The molecule has 1 fully saturated rings. The van der Waals surface area contributed by atoms with Gasteiger partial charge in [0, 0.05) is 33.7 Å². The Morgan fingerprint density at radius 2 is 2.06 bits per heavy atom. The third kappa shape index (κ3) is 4.10. The van der Waals surface area contributed by atoms with Gasteiger partial charge < -0.3 is 15.3 Å². The zero-order valence-corrected chi connectivity index (χ0v) is 10.4. The fourth-order valence-corrected chi connectivity index (χ4v) is 2.33. The van der Waals surface area contributed by atoms with Gasteiger partial charge in [-0.2, -0.15) is 0 Å². The van der Waals surface area contributed by atoms with Gasteiger partial charge >= 0.3 is 0 Å². The lowest BCUT2D eigenvalue weighted by molar-refractivity contribution is -0.128. The molecule has 4 heteroatoms. The van der Waals surface area contributed by atoms with Gasteiger partial charge in [0.25, 0.3) is 0 Å². The SMILES string of the molecule is CN(C)C(=O)CCNCC1CCCC1CO. The standard InChI is InChI=1S/C12H24N2O2/c1-14(2)12(16)6-7-13-8-10-4-3-5-11(10)9-15/h10-11,13,15H,3-9H2,1-2H3. The summed E-state index contributed by atoms with van der Waals surface area (Å²) in [5.74, 6) is 1.23. The van der Waals surface area contributed by atoms with E-state index in [1.54, 1.807) is 19.0 Å². The number of nitrogens with one attached hydrogen (secondary N) is 1. The molecule has 0 saturated heterocycles. The molecule has 1 amide bonds. The van der Waals surface area contributed by atoms with Crippen molar-refractivity contribution in [3.63, 3.8) is 0 Å². The molecule has 0 aromatic rings. The zero-order valence-electron chi connectivity index (χ0n) is 10.4. The van der Waals surface area contributed by atoms with Gasteiger partial charge in [-0.1, -0.05) is 6.42 Å². The maximum atomic E-state index is 11.3. The summed E-state index contributed by atoms with van der Waals surface area (Å²) in [7, 11) is 3.56. The number of rotatable bonds is 6. The minimum absolute atomic E-state index is 0.164. The molecule has 16 heavy (non-hydrogen) atoms. The van der Waals surface area contributed by atoms with Crippen molar-refractivity contribution in [2.45, 2.75) is 25.7 Å². The molecule has 1 aliphatic rings. The molecule has 0 spiro atoms. The monoisotopic (exact) mass is 228 g/mol. The van der Waals surface area contributed by atoms with Gasteiger partial charge in [-0.15, -0.1) is 0 Å². The summed E-state index contributed by atoms with van der Waals surface area (Å²) < 4.78 is 0. The van der Waals surface area contributed by atoms with Crippen molar-refractivity contribution >= 4 is 5.91 Å². The summed E-state index contributed by atoms with van der Waals surface area (Å²) in [4.78, 5) is 12.9. The summed E-state index contributed by atoms with van der Waals surface area (Å²) in [5.41, 5.74) is 0. The van der Waals surface area contributed by atoms with Crippen LogP contribution < -0.4 is 5.32 Å². The highest BCUT2D eigenvalue weighted by Crippen LogP contribution is 2.30. The lowest BCUT2D eigenvalue weighted by Crippen LogP contribution is -2.31. The molecule has 1 aliphatic carbocycles. The average molecular weight is 228 g/mol. The van der Waals surface area contributed by atoms with Gasteiger partial charge in [0.15, 0.2) is 0 Å². The van der Waals surface area contributed by atoms with Crippen LogP contribution in [0.1, 0.15) is 25.7 Å². The van der Waals surface area contributed by atoms with Crippen molar-refractivity contribution in [3.05, 3.63) is 0 Å². The fraction of sp³-hybridized carbons (Fsp3) is 0.917. The zero-order chi connectivity index (χ0) is 12.0. The first-order chi connectivity index (χ1) is 7.65. The third-order valence-corrected chi connectivity index (χ3v) is 3.47. The predicted molar refractivity (Wildman–Crippen MR) is 64.1 cm³/mol. The second-order valence-electron chi connectivity index (χ2n) is 4.88.